The molecule has 1 N–H and O–H groups in total. The summed E-state index contributed by atoms with van der Waals surface area (Å²) >= 11 is 5.86. The third-order valence-corrected chi connectivity index (χ3v) is 2.84. The van der Waals surface area contributed by atoms with Crippen molar-refractivity contribution in [2.45, 2.75) is 32.8 Å². The van der Waals surface area contributed by atoms with E-state index < -0.39 is 17.7 Å². The van der Waals surface area contributed by atoms with E-state index in [2.05, 4.69) is 5.32 Å². The van der Waals surface area contributed by atoms with Crippen molar-refractivity contribution in [1.29, 1.82) is 0 Å². The molecule has 0 fully saturated rings. The number of rotatable bonds is 6. The second kappa shape index (κ2) is 8.62. The summed E-state index contributed by atoms with van der Waals surface area (Å²) in [6.07, 6.45) is -0.0336. The monoisotopic (exact) mass is 343 g/mol. The number of nitrogens with one attached hydrogen (secondary N) is 1. The summed E-state index contributed by atoms with van der Waals surface area (Å²) in [5.41, 5.74) is -0.278. The molecule has 23 heavy (non-hydrogen) atoms. The average Bonchev–Trinajstić information content (AvgIpc) is 2.44. The highest BCUT2D eigenvalue weighted by Crippen LogP contribution is 2.23. The molecule has 1 aromatic rings. The second-order valence-corrected chi connectivity index (χ2v) is 6.20. The predicted octanol–water partition coefficient (Wildman–Crippen LogP) is 3.42. The molecule has 0 aliphatic rings. The molecule has 0 aliphatic carbocycles. The molecule has 0 heterocycles. The Hall–Kier alpha value is -1.95. The molecule has 0 spiro atoms. The Bertz CT molecular complexity index is 554. The number of esters is 1. The number of ether oxygens (including phenoxy) is 3. The van der Waals surface area contributed by atoms with Crippen LogP contribution in [0.5, 0.6) is 5.75 Å². The van der Waals surface area contributed by atoms with Crippen molar-refractivity contribution in [3.8, 4) is 5.75 Å². The Morgan fingerprint density at radius 2 is 1.96 bits per heavy atom. The fourth-order valence-corrected chi connectivity index (χ4v) is 1.83. The van der Waals surface area contributed by atoms with Crippen LogP contribution in [0.4, 0.5) is 4.79 Å². The molecule has 6 nitrogen and oxygen atoms in total. The van der Waals surface area contributed by atoms with Crippen LogP contribution in [-0.2, 0) is 9.47 Å². The predicted molar refractivity (Wildman–Crippen MR) is 87.1 cm³/mol. The summed E-state index contributed by atoms with van der Waals surface area (Å²) in [7, 11) is 1.46. The van der Waals surface area contributed by atoms with Crippen LogP contribution in [0, 0.1) is 0 Å². The first kappa shape index (κ1) is 19.1. The van der Waals surface area contributed by atoms with Crippen molar-refractivity contribution in [2.24, 2.45) is 0 Å². The van der Waals surface area contributed by atoms with Gasteiger partial charge in [0.1, 0.15) is 16.9 Å². The highest BCUT2D eigenvalue weighted by molar-refractivity contribution is 6.31. The molecule has 1 rings (SSSR count). The van der Waals surface area contributed by atoms with Gasteiger partial charge in [0.15, 0.2) is 0 Å². The summed E-state index contributed by atoms with van der Waals surface area (Å²) in [6.45, 7) is 5.85. The second-order valence-electron chi connectivity index (χ2n) is 5.76. The van der Waals surface area contributed by atoms with Crippen molar-refractivity contribution in [3.05, 3.63) is 28.8 Å². The number of alkyl carbamates (subject to hydrolysis) is 1. The van der Waals surface area contributed by atoms with Crippen molar-refractivity contribution >= 4 is 23.7 Å². The van der Waals surface area contributed by atoms with Gasteiger partial charge in [0, 0.05) is 11.6 Å². The van der Waals surface area contributed by atoms with Gasteiger partial charge < -0.3 is 19.5 Å². The molecule has 0 aromatic heterocycles. The van der Waals surface area contributed by atoms with Crippen LogP contribution in [0.15, 0.2) is 18.2 Å². The molecule has 0 bridgehead atoms. The minimum Gasteiger partial charge on any atom is -0.496 e. The van der Waals surface area contributed by atoms with Crippen LogP contribution in [0.2, 0.25) is 5.02 Å². The summed E-state index contributed by atoms with van der Waals surface area (Å²) in [5.74, 6) is -0.132. The third kappa shape index (κ3) is 7.23. The van der Waals surface area contributed by atoms with Gasteiger partial charge in [-0.1, -0.05) is 11.6 Å². The zero-order chi connectivity index (χ0) is 17.5. The molecule has 7 heteroatoms. The summed E-state index contributed by atoms with van der Waals surface area (Å²) in [4.78, 5) is 23.4. The minimum atomic E-state index is -0.542. The standard InChI is InChI=1S/C16H22ClNO5/c1-16(2,3)23-15(20)18-8-5-9-22-14(19)12-10-11(17)6-7-13(12)21-4/h6-7,10H,5,8-9H2,1-4H3,(H,18,20). The van der Waals surface area contributed by atoms with Crippen molar-refractivity contribution in [3.63, 3.8) is 0 Å². The van der Waals surface area contributed by atoms with Gasteiger partial charge in [-0.3, -0.25) is 0 Å². The maximum absolute atomic E-state index is 12.0. The molecule has 0 radical (unpaired) electrons. The lowest BCUT2D eigenvalue weighted by Crippen LogP contribution is -2.33. The normalized spacial score (nSPS) is 10.8. The van der Waals surface area contributed by atoms with E-state index >= 15 is 0 Å². The number of hydrogen-bond donors (Lipinski definition) is 1. The van der Waals surface area contributed by atoms with Gasteiger partial charge in [-0.2, -0.15) is 0 Å². The third-order valence-electron chi connectivity index (χ3n) is 2.60. The molecule has 0 saturated heterocycles. The van der Waals surface area contributed by atoms with Gasteiger partial charge in [-0.25, -0.2) is 9.59 Å². The Morgan fingerprint density at radius 1 is 1.26 bits per heavy atom. The zero-order valence-electron chi connectivity index (χ0n) is 13.8. The lowest BCUT2D eigenvalue weighted by molar-refractivity contribution is 0.0481. The highest BCUT2D eigenvalue weighted by atomic mass is 35.5. The smallest absolute Gasteiger partial charge is 0.407 e. The molecule has 0 saturated carbocycles. The van der Waals surface area contributed by atoms with Crippen molar-refractivity contribution in [2.75, 3.05) is 20.3 Å². The molecule has 1 aromatic carbocycles. The SMILES string of the molecule is COc1ccc(Cl)cc1C(=O)OCCCNC(=O)OC(C)(C)C. The first-order chi connectivity index (χ1) is 10.7. The molecule has 1 amide bonds. The number of carbonyl (C=O) groups is 2. The van der Waals surface area contributed by atoms with E-state index in [0.29, 0.717) is 23.7 Å². The molecule has 0 unspecified atom stereocenters. The van der Waals surface area contributed by atoms with Crippen LogP contribution >= 0.6 is 11.6 Å². The number of benzene rings is 1. The zero-order valence-corrected chi connectivity index (χ0v) is 14.5. The Kier molecular flexibility index (Phi) is 7.16. The first-order valence-electron chi connectivity index (χ1n) is 7.20. The number of carbonyl (C=O) groups excluding carboxylic acids is 2. The maximum Gasteiger partial charge on any atom is 0.407 e. The van der Waals surface area contributed by atoms with Crippen molar-refractivity contribution < 1.29 is 23.8 Å². The number of hydrogen-bond acceptors (Lipinski definition) is 5. The Labute approximate surface area is 141 Å². The van der Waals surface area contributed by atoms with Gasteiger partial charge in [0.2, 0.25) is 0 Å². The van der Waals surface area contributed by atoms with Crippen LogP contribution in [-0.4, -0.2) is 37.9 Å². The molecular formula is C16H22ClNO5. The van der Waals surface area contributed by atoms with Gasteiger partial charge in [0.05, 0.1) is 13.7 Å². The summed E-state index contributed by atoms with van der Waals surface area (Å²) in [6, 6.07) is 4.71. The van der Waals surface area contributed by atoms with E-state index in [-0.39, 0.29) is 12.2 Å². The topological polar surface area (TPSA) is 73.9 Å². The van der Waals surface area contributed by atoms with E-state index in [1.807, 2.05) is 0 Å². The summed E-state index contributed by atoms with van der Waals surface area (Å²) < 4.78 is 15.3. The lowest BCUT2D eigenvalue weighted by Gasteiger charge is -2.19. The van der Waals surface area contributed by atoms with Crippen LogP contribution < -0.4 is 10.1 Å². The largest absolute Gasteiger partial charge is 0.496 e. The van der Waals surface area contributed by atoms with Crippen molar-refractivity contribution in [1.82, 2.24) is 5.32 Å². The van der Waals surface area contributed by atoms with E-state index in [9.17, 15) is 9.59 Å². The Morgan fingerprint density at radius 3 is 2.57 bits per heavy atom. The van der Waals surface area contributed by atoms with Crippen LogP contribution in [0.25, 0.3) is 0 Å². The number of amides is 1. The van der Waals surface area contributed by atoms with E-state index in [4.69, 9.17) is 25.8 Å². The fraction of sp³-hybridized carbons (Fsp3) is 0.500. The quantitative estimate of drug-likeness (QED) is 0.632. The minimum absolute atomic E-state index is 0.157. The van der Waals surface area contributed by atoms with Crippen LogP contribution in [0.3, 0.4) is 0 Å². The molecule has 128 valence electrons. The molecular weight excluding hydrogens is 322 g/mol. The van der Waals surface area contributed by atoms with E-state index in [0.717, 1.165) is 0 Å². The average molecular weight is 344 g/mol. The molecule has 0 atom stereocenters. The van der Waals surface area contributed by atoms with Gasteiger partial charge in [-0.05, 0) is 45.4 Å². The van der Waals surface area contributed by atoms with Gasteiger partial charge in [0.25, 0.3) is 0 Å². The van der Waals surface area contributed by atoms with Gasteiger partial charge in [-0.15, -0.1) is 0 Å². The number of methoxy groups -OCH3 is 1. The maximum atomic E-state index is 12.0. The van der Waals surface area contributed by atoms with Gasteiger partial charge >= 0.3 is 12.1 Å². The molecule has 0 aliphatic heterocycles. The highest BCUT2D eigenvalue weighted by Gasteiger charge is 2.16. The summed E-state index contributed by atoms with van der Waals surface area (Å²) in [5, 5.41) is 3.01. The van der Waals surface area contributed by atoms with E-state index in [1.54, 1.807) is 32.9 Å². The first-order valence-corrected chi connectivity index (χ1v) is 7.58. The lowest BCUT2D eigenvalue weighted by atomic mass is 10.2. The number of halogens is 1. The Balaban J connectivity index is 2.35. The van der Waals surface area contributed by atoms with Crippen LogP contribution in [0.1, 0.15) is 37.6 Å². The fourth-order valence-electron chi connectivity index (χ4n) is 1.66. The van der Waals surface area contributed by atoms with E-state index in [1.165, 1.54) is 13.2 Å².